The fourth-order valence-electron chi connectivity index (χ4n) is 4.96. The highest BCUT2D eigenvalue weighted by molar-refractivity contribution is 7.86. The fraction of sp³-hybridized carbons (Fsp3) is 0. The zero-order valence-corrected chi connectivity index (χ0v) is 30.1. The summed E-state index contributed by atoms with van der Waals surface area (Å²) in [5, 5.41) is 4.97. The van der Waals surface area contributed by atoms with E-state index >= 15 is 0 Å². The molecular formula is C36H27O9P2S3-3. The number of benzene rings is 6. The van der Waals surface area contributed by atoms with E-state index in [2.05, 4.69) is 0 Å². The number of hydrogen-bond acceptors (Lipinski definition) is 9. The second-order valence-corrected chi connectivity index (χ2v) is 19.1. The van der Waals surface area contributed by atoms with E-state index in [1.54, 1.807) is 30.3 Å². The van der Waals surface area contributed by atoms with Crippen LogP contribution in [0.4, 0.5) is 0 Å². The van der Waals surface area contributed by atoms with Crippen LogP contribution in [0, 0.1) is 0 Å². The summed E-state index contributed by atoms with van der Waals surface area (Å²) in [5.74, 6) is 0. The molecule has 0 aliphatic heterocycles. The molecule has 6 rings (SSSR count). The summed E-state index contributed by atoms with van der Waals surface area (Å²) >= 11 is 0. The number of hydrogen-bond donors (Lipinski definition) is 0. The van der Waals surface area contributed by atoms with Crippen molar-refractivity contribution in [2.75, 3.05) is 0 Å². The van der Waals surface area contributed by atoms with Gasteiger partial charge in [-0.1, -0.05) is 127 Å². The van der Waals surface area contributed by atoms with Gasteiger partial charge < -0.3 is 13.7 Å². The zero-order chi connectivity index (χ0) is 35.9. The van der Waals surface area contributed by atoms with Crippen LogP contribution in [0.5, 0.6) is 0 Å². The van der Waals surface area contributed by atoms with Gasteiger partial charge in [0, 0.05) is 0 Å². The molecule has 9 nitrogen and oxygen atoms in total. The summed E-state index contributed by atoms with van der Waals surface area (Å²) in [7, 11) is -16.0. The molecule has 0 bridgehead atoms. The lowest BCUT2D eigenvalue weighted by Crippen LogP contribution is -2.22. The third-order valence-corrected chi connectivity index (χ3v) is 14.5. The molecule has 0 aliphatic rings. The van der Waals surface area contributed by atoms with Gasteiger partial charge in [0.25, 0.3) is 0 Å². The molecule has 0 N–H and O–H groups in total. The molecule has 0 radical (unpaired) electrons. The summed E-state index contributed by atoms with van der Waals surface area (Å²) in [6, 6.07) is 46.5. The first-order valence-electron chi connectivity index (χ1n) is 14.7. The van der Waals surface area contributed by atoms with Gasteiger partial charge in [0.1, 0.15) is 30.4 Å². The Balaban J connectivity index is 0.000000197. The molecule has 6 aromatic carbocycles. The number of rotatable bonds is 9. The molecule has 0 amide bonds. The van der Waals surface area contributed by atoms with Crippen LogP contribution in [-0.2, 0) is 30.4 Å². The minimum atomic E-state index is -4.64. The minimum Gasteiger partial charge on any atom is -0.744 e. The van der Waals surface area contributed by atoms with Gasteiger partial charge in [-0.2, -0.15) is 0 Å². The first kappa shape index (κ1) is 37.2. The van der Waals surface area contributed by atoms with E-state index in [0.29, 0.717) is 10.6 Å². The SMILES string of the molecule is O=S(=O)([O-])c1cccc(P(c2ccccc2)c2cccc(S(=O)(=O)[O-])c2)c1.O=S(=O)([O-])c1cccc(P(c2ccccc2)c2ccccc2)c1. The Labute approximate surface area is 294 Å². The Morgan fingerprint density at radius 2 is 0.520 bits per heavy atom. The summed E-state index contributed by atoms with van der Waals surface area (Å²) in [4.78, 5) is -0.915. The molecule has 14 heteroatoms. The predicted octanol–water partition coefficient (Wildman–Crippen LogP) is 3.60. The van der Waals surface area contributed by atoms with Crippen molar-refractivity contribution in [3.8, 4) is 0 Å². The van der Waals surface area contributed by atoms with Crippen molar-refractivity contribution in [2.45, 2.75) is 14.7 Å². The smallest absolute Gasteiger partial charge is 0.124 e. The Morgan fingerprint density at radius 1 is 0.300 bits per heavy atom. The molecule has 0 saturated heterocycles. The third-order valence-electron chi connectivity index (χ3n) is 7.14. The quantitative estimate of drug-likeness (QED) is 0.158. The fourth-order valence-corrected chi connectivity index (χ4v) is 11.5. The van der Waals surface area contributed by atoms with Crippen LogP contribution in [0.15, 0.2) is 178 Å². The molecule has 0 fully saturated rings. The van der Waals surface area contributed by atoms with E-state index in [0.717, 1.165) is 21.2 Å². The monoisotopic (exact) mass is 761 g/mol. The van der Waals surface area contributed by atoms with E-state index < -0.39 is 46.2 Å². The molecule has 50 heavy (non-hydrogen) atoms. The molecule has 0 spiro atoms. The van der Waals surface area contributed by atoms with E-state index in [1.807, 2.05) is 84.9 Å². The van der Waals surface area contributed by atoms with Crippen molar-refractivity contribution in [1.29, 1.82) is 0 Å². The highest BCUT2D eigenvalue weighted by Gasteiger charge is 2.19. The van der Waals surface area contributed by atoms with Crippen LogP contribution < -0.4 is 31.8 Å². The highest BCUT2D eigenvalue weighted by Crippen LogP contribution is 2.35. The van der Waals surface area contributed by atoms with Crippen molar-refractivity contribution in [3.05, 3.63) is 164 Å². The second-order valence-electron chi connectivity index (χ2n) is 10.5. The van der Waals surface area contributed by atoms with Crippen LogP contribution in [0.25, 0.3) is 0 Å². The molecule has 0 atom stereocenters. The lowest BCUT2D eigenvalue weighted by Gasteiger charge is -2.21. The van der Waals surface area contributed by atoms with Gasteiger partial charge in [-0.3, -0.25) is 0 Å². The molecule has 0 unspecified atom stereocenters. The summed E-state index contributed by atoms with van der Waals surface area (Å²) in [6.07, 6.45) is 0. The Morgan fingerprint density at radius 3 is 0.760 bits per heavy atom. The average molecular weight is 762 g/mol. The standard InChI is InChI=1S/C18H15O6PS2.C18H15O3PS/c19-26(20,21)17-10-4-8-15(12-17)25(14-6-2-1-3-7-14)16-9-5-11-18(13-16)27(22,23)24;19-23(20,21)18-13-7-12-17(14-18)22(15-8-3-1-4-9-15)16-10-5-2-6-11-16/h1-13H,(H,19,20,21)(H,22,23,24);1-14H,(H,19,20,21)/p-3. The highest BCUT2D eigenvalue weighted by atomic mass is 32.2. The Hall–Kier alpha value is -4.09. The van der Waals surface area contributed by atoms with E-state index in [1.165, 1.54) is 48.5 Å². The van der Waals surface area contributed by atoms with Gasteiger partial charge in [0.2, 0.25) is 0 Å². The van der Waals surface area contributed by atoms with Crippen molar-refractivity contribution in [2.24, 2.45) is 0 Å². The van der Waals surface area contributed by atoms with E-state index in [4.69, 9.17) is 0 Å². The summed E-state index contributed by atoms with van der Waals surface area (Å²) in [5.41, 5.74) is 0. The van der Waals surface area contributed by atoms with E-state index in [9.17, 15) is 38.9 Å². The van der Waals surface area contributed by atoms with Gasteiger partial charge in [-0.15, -0.1) is 0 Å². The maximum atomic E-state index is 11.4. The topological polar surface area (TPSA) is 172 Å². The van der Waals surface area contributed by atoms with Crippen molar-refractivity contribution in [1.82, 2.24) is 0 Å². The first-order valence-corrected chi connectivity index (χ1v) is 21.6. The van der Waals surface area contributed by atoms with Crippen molar-refractivity contribution < 1.29 is 38.9 Å². The van der Waals surface area contributed by atoms with Gasteiger partial charge in [0.05, 0.1) is 14.7 Å². The molecule has 0 aliphatic carbocycles. The van der Waals surface area contributed by atoms with Gasteiger partial charge in [-0.05, 0) is 84.1 Å². The largest absolute Gasteiger partial charge is 0.744 e. The zero-order valence-electron chi connectivity index (χ0n) is 25.9. The summed E-state index contributed by atoms with van der Waals surface area (Å²) < 4.78 is 102. The average Bonchev–Trinajstić information content (AvgIpc) is 3.10. The molecule has 256 valence electrons. The maximum absolute atomic E-state index is 11.4. The normalized spacial score (nSPS) is 11.9. The van der Waals surface area contributed by atoms with E-state index in [-0.39, 0.29) is 14.7 Å². The minimum absolute atomic E-state index is 0.186. The lowest BCUT2D eigenvalue weighted by atomic mass is 10.3. The molecule has 0 saturated carbocycles. The predicted molar refractivity (Wildman–Crippen MR) is 194 cm³/mol. The second kappa shape index (κ2) is 15.9. The molecule has 6 aromatic rings. The molecule has 0 heterocycles. The first-order chi connectivity index (χ1) is 23.7. The van der Waals surface area contributed by atoms with Gasteiger partial charge in [-0.25, -0.2) is 25.3 Å². The van der Waals surface area contributed by atoms with Crippen LogP contribution in [0.3, 0.4) is 0 Å². The van der Waals surface area contributed by atoms with Crippen LogP contribution in [0.1, 0.15) is 0 Å². The van der Waals surface area contributed by atoms with Crippen LogP contribution in [0.2, 0.25) is 0 Å². The van der Waals surface area contributed by atoms with Crippen LogP contribution >= 0.6 is 15.8 Å². The molecule has 0 aromatic heterocycles. The maximum Gasteiger partial charge on any atom is 0.124 e. The molecular weight excluding hydrogens is 735 g/mol. The lowest BCUT2D eigenvalue weighted by molar-refractivity contribution is 0.461. The van der Waals surface area contributed by atoms with Crippen molar-refractivity contribution in [3.63, 3.8) is 0 Å². The van der Waals surface area contributed by atoms with Crippen molar-refractivity contribution >= 4 is 78.0 Å². The summed E-state index contributed by atoms with van der Waals surface area (Å²) in [6.45, 7) is 0. The third kappa shape index (κ3) is 9.57. The van der Waals surface area contributed by atoms with Crippen LogP contribution in [-0.4, -0.2) is 38.9 Å². The van der Waals surface area contributed by atoms with Gasteiger partial charge >= 0.3 is 0 Å². The Bertz CT molecular complexity index is 2300. The Kier molecular flexibility index (Phi) is 11.8. The van der Waals surface area contributed by atoms with Gasteiger partial charge in [0.15, 0.2) is 0 Å².